The van der Waals surface area contributed by atoms with E-state index in [1.165, 1.54) is 38.0 Å². The first-order chi connectivity index (χ1) is 14.6. The van der Waals surface area contributed by atoms with Gasteiger partial charge in [-0.3, -0.25) is 0 Å². The normalized spacial score (nSPS) is 12.4. The van der Waals surface area contributed by atoms with E-state index < -0.39 is 0 Å². The Morgan fingerprint density at radius 1 is 0.667 bits per heavy atom. The highest BCUT2D eigenvalue weighted by atomic mass is 79.9. The van der Waals surface area contributed by atoms with Crippen molar-refractivity contribution in [3.63, 3.8) is 0 Å². The Bertz CT molecular complexity index is 1360. The van der Waals surface area contributed by atoms with E-state index >= 15 is 0 Å². The van der Waals surface area contributed by atoms with E-state index in [4.69, 9.17) is 0 Å². The number of hydrogen-bond acceptors (Lipinski definition) is 1. The van der Waals surface area contributed by atoms with Gasteiger partial charge in [0.1, 0.15) is 0 Å². The largest absolute Gasteiger partial charge is 0.310 e. The fraction of sp³-hybridized carbons (Fsp3) is 0.0714. The van der Waals surface area contributed by atoms with Crippen LogP contribution >= 0.6 is 15.9 Å². The van der Waals surface area contributed by atoms with Gasteiger partial charge in [0.05, 0.1) is 5.69 Å². The van der Waals surface area contributed by atoms with Crippen LogP contribution in [0.4, 0.5) is 17.1 Å². The van der Waals surface area contributed by atoms with Gasteiger partial charge in [0.2, 0.25) is 0 Å². The number of aryl methyl sites for hydroxylation is 1. The molecule has 0 bridgehead atoms. The molecule has 5 rings (SSSR count). The minimum absolute atomic E-state index is 1.15. The molecule has 5 aromatic carbocycles. The molecule has 0 N–H and O–H groups in total. The van der Waals surface area contributed by atoms with Gasteiger partial charge in [-0.15, -0.1) is 0 Å². The number of hydrogen-bond donors (Lipinski definition) is 0. The molecule has 0 aliphatic carbocycles. The Balaban J connectivity index is 1.91. The second-order valence-corrected chi connectivity index (χ2v) is 8.83. The third-order valence-corrected chi connectivity index (χ3v) is 6.17. The van der Waals surface area contributed by atoms with Crippen molar-refractivity contribution < 1.29 is 0 Å². The van der Waals surface area contributed by atoms with Crippen molar-refractivity contribution in [1.29, 1.82) is 0 Å². The fourth-order valence-corrected chi connectivity index (χ4v) is 4.70. The van der Waals surface area contributed by atoms with Crippen LogP contribution in [0.3, 0.4) is 0 Å². The lowest BCUT2D eigenvalue weighted by Crippen LogP contribution is -2.11. The van der Waals surface area contributed by atoms with Crippen molar-refractivity contribution in [2.24, 2.45) is 0 Å². The van der Waals surface area contributed by atoms with E-state index in [9.17, 15) is 0 Å². The smallest absolute Gasteiger partial charge is 0.0540 e. The first kappa shape index (κ1) is 18.9. The molecule has 0 unspecified atom stereocenters. The molecule has 0 aliphatic heterocycles. The van der Waals surface area contributed by atoms with Crippen molar-refractivity contribution in [2.45, 2.75) is 13.8 Å². The summed E-state index contributed by atoms with van der Waals surface area (Å²) in [6.07, 6.45) is 0. The van der Waals surface area contributed by atoms with Crippen LogP contribution < -0.4 is 10.1 Å². The average molecular weight is 452 g/mol. The highest BCUT2D eigenvalue weighted by molar-refractivity contribution is 9.14. The Morgan fingerprint density at radius 2 is 1.27 bits per heavy atom. The highest BCUT2D eigenvalue weighted by Crippen LogP contribution is 2.41. The fourth-order valence-electron chi connectivity index (χ4n) is 4.37. The van der Waals surface area contributed by atoms with Gasteiger partial charge in [0.25, 0.3) is 0 Å². The van der Waals surface area contributed by atoms with Gasteiger partial charge < -0.3 is 4.90 Å². The summed E-state index contributed by atoms with van der Waals surface area (Å²) >= 11 is 3.73. The first-order valence-corrected chi connectivity index (χ1v) is 11.0. The van der Waals surface area contributed by atoms with E-state index in [2.05, 4.69) is 132 Å². The lowest BCUT2D eigenvalue weighted by atomic mass is 9.94. The van der Waals surface area contributed by atoms with Crippen molar-refractivity contribution in [2.75, 3.05) is 4.90 Å². The third-order valence-electron chi connectivity index (χ3n) is 5.74. The summed E-state index contributed by atoms with van der Waals surface area (Å²) in [5.41, 5.74) is 4.79. The van der Waals surface area contributed by atoms with E-state index in [1.54, 1.807) is 0 Å². The number of rotatable bonds is 3. The van der Waals surface area contributed by atoms with Gasteiger partial charge >= 0.3 is 0 Å². The summed E-state index contributed by atoms with van der Waals surface area (Å²) in [5, 5.41) is 6.43. The van der Waals surface area contributed by atoms with Crippen LogP contribution in [0, 0.1) is 6.92 Å². The van der Waals surface area contributed by atoms with Crippen LogP contribution in [0.25, 0.3) is 26.0 Å². The summed E-state index contributed by atoms with van der Waals surface area (Å²) in [5.74, 6) is 0. The van der Waals surface area contributed by atoms with Crippen molar-refractivity contribution in [1.82, 2.24) is 0 Å². The lowest BCUT2D eigenvalue weighted by molar-refractivity contribution is 1.30. The Morgan fingerprint density at radius 3 is 1.87 bits per heavy atom. The summed E-state index contributed by atoms with van der Waals surface area (Å²) in [4.78, 5) is 2.35. The predicted octanol–water partition coefficient (Wildman–Crippen LogP) is 8.01. The lowest BCUT2D eigenvalue weighted by Gasteiger charge is -2.27. The highest BCUT2D eigenvalue weighted by Gasteiger charge is 2.17. The van der Waals surface area contributed by atoms with Gasteiger partial charge in [0.15, 0.2) is 0 Å². The second-order valence-electron chi connectivity index (χ2n) is 7.64. The first-order valence-electron chi connectivity index (χ1n) is 10.2. The molecule has 0 radical (unpaired) electrons. The van der Waals surface area contributed by atoms with Crippen LogP contribution in [-0.4, -0.2) is 0 Å². The molecular formula is C28H22BrN. The molecule has 5 aromatic rings. The topological polar surface area (TPSA) is 3.24 Å². The molecule has 1 nitrogen and oxygen atoms in total. The molecule has 0 saturated carbocycles. The molecule has 0 spiro atoms. The van der Waals surface area contributed by atoms with Gasteiger partial charge in [-0.25, -0.2) is 0 Å². The molecular weight excluding hydrogens is 430 g/mol. The number of nitrogens with zero attached hydrogens (tertiary/aromatic N) is 1. The summed E-state index contributed by atoms with van der Waals surface area (Å²) < 4.78 is 1.16. The zero-order chi connectivity index (χ0) is 20.7. The van der Waals surface area contributed by atoms with E-state index in [1.807, 2.05) is 0 Å². The Hall–Kier alpha value is -3.10. The molecule has 0 aromatic heterocycles. The monoisotopic (exact) mass is 451 g/mol. The zero-order valence-electron chi connectivity index (χ0n) is 17.1. The molecule has 146 valence electrons. The molecule has 0 fully saturated rings. The summed E-state index contributed by atoms with van der Waals surface area (Å²) in [7, 11) is 0. The van der Waals surface area contributed by atoms with Crippen LogP contribution in [0.5, 0.6) is 0 Å². The predicted molar refractivity (Wildman–Crippen MR) is 134 cm³/mol. The molecule has 0 atom stereocenters. The van der Waals surface area contributed by atoms with Gasteiger partial charge in [-0.1, -0.05) is 82.7 Å². The van der Waals surface area contributed by atoms with Crippen molar-refractivity contribution >= 4 is 59.0 Å². The number of para-hydroxylation sites is 2. The maximum absolute atomic E-state index is 3.73. The minimum atomic E-state index is 1.15. The molecule has 0 heterocycles. The second kappa shape index (κ2) is 7.62. The maximum Gasteiger partial charge on any atom is 0.0540 e. The molecule has 30 heavy (non-hydrogen) atoms. The van der Waals surface area contributed by atoms with Crippen LogP contribution in [0.15, 0.2) is 97.1 Å². The quantitative estimate of drug-likeness (QED) is 0.268. The molecule has 0 saturated heterocycles. The Labute approximate surface area is 185 Å². The summed E-state index contributed by atoms with van der Waals surface area (Å²) in [6.45, 7) is 4.32. The van der Waals surface area contributed by atoms with E-state index in [0.717, 1.165) is 15.9 Å². The molecule has 2 heteroatoms. The molecule has 0 aliphatic rings. The minimum Gasteiger partial charge on any atom is -0.310 e. The number of halogens is 1. The van der Waals surface area contributed by atoms with E-state index in [0.29, 0.717) is 0 Å². The maximum atomic E-state index is 3.73. The van der Waals surface area contributed by atoms with Crippen LogP contribution in [0.2, 0.25) is 0 Å². The zero-order valence-corrected chi connectivity index (χ0v) is 18.6. The summed E-state index contributed by atoms with van der Waals surface area (Å²) in [6, 6.07) is 34.6. The van der Waals surface area contributed by atoms with Gasteiger partial charge in [-0.2, -0.15) is 0 Å². The van der Waals surface area contributed by atoms with Crippen molar-refractivity contribution in [3.8, 4) is 0 Å². The SMILES string of the molecule is C/C(Br)=c1/ccc2ccc(N(c3ccccc3)c3ccccc3)c3ccc(C)c1c23. The van der Waals surface area contributed by atoms with Crippen LogP contribution in [0.1, 0.15) is 12.5 Å². The van der Waals surface area contributed by atoms with Gasteiger partial charge in [-0.05, 0) is 75.6 Å². The Kier molecular flexibility index (Phi) is 4.80. The molecule has 0 amide bonds. The van der Waals surface area contributed by atoms with Crippen LogP contribution in [-0.2, 0) is 0 Å². The van der Waals surface area contributed by atoms with Crippen molar-refractivity contribution in [3.05, 3.63) is 108 Å². The number of benzene rings is 5. The average Bonchev–Trinajstić information content (AvgIpc) is 2.78. The number of anilines is 3. The third kappa shape index (κ3) is 3.09. The van der Waals surface area contributed by atoms with Gasteiger partial charge in [0, 0.05) is 16.8 Å². The van der Waals surface area contributed by atoms with E-state index in [-0.39, 0.29) is 0 Å². The standard InChI is InChI=1S/C28H22BrN/c1-19-13-16-25-26(18-15-21-14-17-24(20(2)29)27(19)28(21)25)30(22-9-5-3-6-10-22)23-11-7-4-8-12-23/h3-18H,1-2H3/b24-20+.